The first kappa shape index (κ1) is 35.0. The molecule has 5 aliphatic rings. The molecule has 2 spiro atoms. The molecule has 11 nitrogen and oxygen atoms in total. The van der Waals surface area contributed by atoms with E-state index in [-0.39, 0.29) is 36.8 Å². The lowest BCUT2D eigenvalue weighted by molar-refractivity contribution is -0.150. The van der Waals surface area contributed by atoms with Crippen LogP contribution in [-0.4, -0.2) is 91.9 Å². The average Bonchev–Trinajstić information content (AvgIpc) is 3.68. The number of nitrogens with one attached hydrogen (secondary N) is 1. The van der Waals surface area contributed by atoms with E-state index in [1.807, 2.05) is 97.7 Å². The molecule has 0 aliphatic carbocycles. The number of aliphatic hydroxyl groups is 1. The standard InChI is InChI=1S/C40H49N5O6Si/c1-26-36(52(3,4)50)34(22-35(47)43-23-28-11-9-8-10-27(28)20-31(43)24-46)51-40(26)32-21-30(14-15-33(32)42(2)38(40)49)44-25-45(29-12-6-5-7-13-29)39(37(44)48)16-18-41-19-17-39/h5-15,21,26,31,34,36,41,46,50H,16-20,22-25H2,1-4H3/t26-,31-,34+,36-,40+/m0/s1. The summed E-state index contributed by atoms with van der Waals surface area (Å²) in [4.78, 5) is 62.5. The predicted octanol–water partition coefficient (Wildman–Crippen LogP) is 3.73. The number of hydrogen-bond acceptors (Lipinski definition) is 8. The van der Waals surface area contributed by atoms with Crippen molar-refractivity contribution in [2.24, 2.45) is 5.92 Å². The Morgan fingerprint density at radius 2 is 1.65 bits per heavy atom. The molecule has 0 saturated carbocycles. The van der Waals surface area contributed by atoms with Crippen molar-refractivity contribution >= 4 is 43.1 Å². The lowest BCUT2D eigenvalue weighted by atomic mass is 9.82. The van der Waals surface area contributed by atoms with Gasteiger partial charge in [-0.1, -0.05) is 49.4 Å². The Labute approximate surface area is 306 Å². The number of para-hydroxylation sites is 1. The molecule has 5 heterocycles. The second-order valence-electron chi connectivity index (χ2n) is 15.9. The topological polar surface area (TPSA) is 126 Å². The molecule has 0 aromatic heterocycles. The zero-order valence-corrected chi connectivity index (χ0v) is 31.4. The van der Waals surface area contributed by atoms with E-state index in [2.05, 4.69) is 10.2 Å². The van der Waals surface area contributed by atoms with Gasteiger partial charge in [-0.05, 0) is 86.9 Å². The lowest BCUT2D eigenvalue weighted by Crippen LogP contribution is -2.55. The number of aliphatic hydroxyl groups excluding tert-OH is 1. The molecule has 3 N–H and O–H groups in total. The largest absolute Gasteiger partial charge is 0.432 e. The minimum Gasteiger partial charge on any atom is -0.432 e. The maximum absolute atomic E-state index is 14.6. The highest BCUT2D eigenvalue weighted by Gasteiger charge is 2.66. The van der Waals surface area contributed by atoms with E-state index in [1.54, 1.807) is 16.8 Å². The molecular formula is C40H49N5O6Si. The summed E-state index contributed by atoms with van der Waals surface area (Å²) in [5.41, 5.74) is 2.65. The van der Waals surface area contributed by atoms with E-state index in [1.165, 1.54) is 0 Å². The second-order valence-corrected chi connectivity index (χ2v) is 19.9. The number of ether oxygens (including phenoxy) is 1. The molecule has 12 heteroatoms. The third-order valence-electron chi connectivity index (χ3n) is 12.6. The van der Waals surface area contributed by atoms with Gasteiger partial charge in [0.1, 0.15) is 5.54 Å². The van der Waals surface area contributed by atoms with E-state index < -0.39 is 37.0 Å². The molecule has 3 fully saturated rings. The number of fused-ring (bicyclic) bond motifs is 3. The zero-order valence-electron chi connectivity index (χ0n) is 30.4. The monoisotopic (exact) mass is 723 g/mol. The van der Waals surface area contributed by atoms with Crippen molar-refractivity contribution < 1.29 is 29.0 Å². The van der Waals surface area contributed by atoms with Gasteiger partial charge in [0, 0.05) is 42.0 Å². The number of piperidine rings is 1. The number of rotatable bonds is 6. The van der Waals surface area contributed by atoms with Gasteiger partial charge in [0.15, 0.2) is 13.9 Å². The predicted molar refractivity (Wildman–Crippen MR) is 201 cm³/mol. The molecular weight excluding hydrogens is 675 g/mol. The van der Waals surface area contributed by atoms with Crippen LogP contribution in [0.5, 0.6) is 0 Å². The molecule has 3 amide bonds. The van der Waals surface area contributed by atoms with Crippen LogP contribution in [-0.2, 0) is 37.7 Å². The number of amides is 3. The highest BCUT2D eigenvalue weighted by Crippen LogP contribution is 2.60. The first-order valence-electron chi connectivity index (χ1n) is 18.6. The van der Waals surface area contributed by atoms with Gasteiger partial charge >= 0.3 is 0 Å². The van der Waals surface area contributed by atoms with Crippen molar-refractivity contribution in [3.05, 3.63) is 89.5 Å². The Kier molecular flexibility index (Phi) is 8.61. The van der Waals surface area contributed by atoms with Gasteiger partial charge in [0.25, 0.3) is 11.8 Å². The van der Waals surface area contributed by atoms with Crippen LogP contribution in [0, 0.1) is 5.92 Å². The smallest absolute Gasteiger partial charge is 0.264 e. The Balaban J connectivity index is 1.15. The molecule has 8 rings (SSSR count). The van der Waals surface area contributed by atoms with Crippen molar-refractivity contribution in [2.45, 2.75) is 81.1 Å². The summed E-state index contributed by atoms with van der Waals surface area (Å²) < 4.78 is 6.97. The summed E-state index contributed by atoms with van der Waals surface area (Å²) in [7, 11) is -1.30. The van der Waals surface area contributed by atoms with Crippen LogP contribution >= 0.6 is 0 Å². The fraction of sp³-hybridized carbons (Fsp3) is 0.475. The molecule has 3 aromatic rings. The van der Waals surface area contributed by atoms with E-state index in [0.29, 0.717) is 49.4 Å². The Hall–Kier alpha value is -4.07. The molecule has 3 aromatic carbocycles. The Bertz CT molecular complexity index is 1900. The van der Waals surface area contributed by atoms with Crippen molar-refractivity contribution in [1.29, 1.82) is 0 Å². The average molecular weight is 724 g/mol. The minimum atomic E-state index is -3.03. The van der Waals surface area contributed by atoms with Crippen LogP contribution in [0.2, 0.25) is 18.6 Å². The fourth-order valence-electron chi connectivity index (χ4n) is 10.0. The fourth-order valence-corrected chi connectivity index (χ4v) is 12.6. The molecule has 0 bridgehead atoms. The summed E-state index contributed by atoms with van der Waals surface area (Å²) in [6, 6.07) is 23.4. The first-order valence-corrected chi connectivity index (χ1v) is 21.6. The molecule has 52 heavy (non-hydrogen) atoms. The number of carbonyl (C=O) groups excluding carboxylic acids is 3. The van der Waals surface area contributed by atoms with E-state index in [9.17, 15) is 24.3 Å². The van der Waals surface area contributed by atoms with E-state index in [0.717, 1.165) is 29.9 Å². The number of benzene rings is 3. The van der Waals surface area contributed by atoms with Crippen LogP contribution in [0.25, 0.3) is 0 Å². The number of carbonyl (C=O) groups is 3. The third kappa shape index (κ3) is 5.25. The zero-order chi connectivity index (χ0) is 36.6. The summed E-state index contributed by atoms with van der Waals surface area (Å²) in [5, 5.41) is 13.7. The minimum absolute atomic E-state index is 0.0222. The summed E-state index contributed by atoms with van der Waals surface area (Å²) >= 11 is 0. The molecule has 5 aliphatic heterocycles. The Morgan fingerprint density at radius 3 is 2.35 bits per heavy atom. The first-order chi connectivity index (χ1) is 24.9. The van der Waals surface area contributed by atoms with Gasteiger partial charge in [0.05, 0.1) is 37.5 Å². The summed E-state index contributed by atoms with van der Waals surface area (Å²) in [5.74, 6) is -0.824. The van der Waals surface area contributed by atoms with Gasteiger partial charge in [-0.3, -0.25) is 19.3 Å². The van der Waals surface area contributed by atoms with Crippen molar-refractivity contribution in [2.75, 3.05) is 48.1 Å². The van der Waals surface area contributed by atoms with Crippen molar-refractivity contribution in [3.8, 4) is 0 Å². The van der Waals surface area contributed by atoms with E-state index in [4.69, 9.17) is 4.74 Å². The van der Waals surface area contributed by atoms with Crippen LogP contribution in [0.3, 0.4) is 0 Å². The molecule has 0 radical (unpaired) electrons. The second kappa shape index (κ2) is 12.8. The molecule has 5 atom stereocenters. The van der Waals surface area contributed by atoms with Gasteiger partial charge in [-0.25, -0.2) is 0 Å². The Morgan fingerprint density at radius 1 is 0.962 bits per heavy atom. The molecule has 0 unspecified atom stereocenters. The van der Waals surface area contributed by atoms with Gasteiger partial charge < -0.3 is 34.7 Å². The van der Waals surface area contributed by atoms with Crippen LogP contribution in [0.4, 0.5) is 17.1 Å². The summed E-state index contributed by atoms with van der Waals surface area (Å²) in [6.07, 6.45) is 1.17. The van der Waals surface area contributed by atoms with Gasteiger partial charge in [-0.15, -0.1) is 0 Å². The maximum atomic E-state index is 14.6. The lowest BCUT2D eigenvalue weighted by Gasteiger charge is -2.39. The highest BCUT2D eigenvalue weighted by atomic mass is 28.4. The number of likely N-dealkylation sites (N-methyl/N-ethyl adjacent to an activating group) is 1. The van der Waals surface area contributed by atoms with Crippen LogP contribution in [0.15, 0.2) is 72.8 Å². The number of nitrogens with zero attached hydrogens (tertiary/aromatic N) is 4. The quantitative estimate of drug-likeness (QED) is 0.329. The number of anilines is 3. The normalized spacial score (nSPS) is 28.3. The van der Waals surface area contributed by atoms with Gasteiger partial charge in [-0.2, -0.15) is 0 Å². The molecule has 3 saturated heterocycles. The number of hydrogen-bond donors (Lipinski definition) is 3. The third-order valence-corrected chi connectivity index (χ3v) is 15.1. The van der Waals surface area contributed by atoms with Gasteiger partial charge in [0.2, 0.25) is 5.91 Å². The SMILES string of the molecule is C[C@H]1[C@H]([Si](C)(C)O)[C@@H](CC(=O)N2Cc3ccccc3C[C@H]2CO)O[C@]12C(=O)N(C)c1ccc(N3CN(c4ccccc4)C4(CCNCC4)C3=O)cc12. The highest BCUT2D eigenvalue weighted by molar-refractivity contribution is 6.71. The maximum Gasteiger partial charge on any atom is 0.264 e. The van der Waals surface area contributed by atoms with Crippen molar-refractivity contribution in [1.82, 2.24) is 10.2 Å². The molecule has 274 valence electrons. The van der Waals surface area contributed by atoms with Crippen LogP contribution in [0.1, 0.15) is 42.9 Å². The van der Waals surface area contributed by atoms with Crippen molar-refractivity contribution in [3.63, 3.8) is 0 Å². The van der Waals surface area contributed by atoms with Crippen LogP contribution < -0.4 is 20.0 Å². The van der Waals surface area contributed by atoms with E-state index >= 15 is 0 Å². The summed E-state index contributed by atoms with van der Waals surface area (Å²) in [6.45, 7) is 7.73.